The Hall–Kier alpha value is -0.130. The Morgan fingerprint density at radius 1 is 1.13 bits per heavy atom. The molecule has 0 bridgehead atoms. The van der Waals surface area contributed by atoms with Gasteiger partial charge in [0.2, 0.25) is 0 Å². The molecule has 0 amide bonds. The molecule has 4 nitrogen and oxygen atoms in total. The fraction of sp³-hybridized carbons (Fsp3) is 1.00. The molecule has 0 fully saturated rings. The van der Waals surface area contributed by atoms with Crippen molar-refractivity contribution in [2.45, 2.75) is 26.2 Å². The quantitative estimate of drug-likeness (QED) is 0.572. The van der Waals surface area contributed by atoms with Crippen LogP contribution in [0.4, 0.5) is 0 Å². The smallest absolute Gasteiger partial charge is 0.150 e. The Labute approximate surface area is 93.3 Å². The highest BCUT2D eigenvalue weighted by atomic mass is 32.2. The van der Waals surface area contributed by atoms with Crippen molar-refractivity contribution in [1.82, 2.24) is 5.32 Å². The van der Waals surface area contributed by atoms with Gasteiger partial charge < -0.3 is 10.1 Å². The first-order valence-electron chi connectivity index (χ1n) is 5.52. The summed E-state index contributed by atoms with van der Waals surface area (Å²) < 4.78 is 27.7. The number of sulfone groups is 1. The van der Waals surface area contributed by atoms with Crippen LogP contribution in [0.15, 0.2) is 0 Å². The van der Waals surface area contributed by atoms with Gasteiger partial charge in [-0.3, -0.25) is 0 Å². The lowest BCUT2D eigenvalue weighted by Gasteiger charge is -2.04. The first kappa shape index (κ1) is 14.9. The van der Waals surface area contributed by atoms with Gasteiger partial charge in [-0.25, -0.2) is 8.42 Å². The van der Waals surface area contributed by atoms with Crippen LogP contribution in [-0.4, -0.2) is 46.7 Å². The van der Waals surface area contributed by atoms with Crippen LogP contribution in [0, 0.1) is 0 Å². The molecule has 0 aliphatic heterocycles. The van der Waals surface area contributed by atoms with E-state index in [1.807, 2.05) is 6.92 Å². The highest BCUT2D eigenvalue weighted by molar-refractivity contribution is 7.91. The number of rotatable bonds is 10. The minimum atomic E-state index is -2.85. The molecule has 0 aromatic rings. The van der Waals surface area contributed by atoms with Crippen LogP contribution < -0.4 is 5.32 Å². The molecule has 0 rings (SSSR count). The molecule has 1 N–H and O–H groups in total. The average molecular weight is 237 g/mol. The fourth-order valence-electron chi connectivity index (χ4n) is 1.27. The summed E-state index contributed by atoms with van der Waals surface area (Å²) >= 11 is 0. The third-order valence-electron chi connectivity index (χ3n) is 2.11. The van der Waals surface area contributed by atoms with E-state index in [9.17, 15) is 8.42 Å². The van der Waals surface area contributed by atoms with E-state index in [0.29, 0.717) is 18.8 Å². The molecule has 0 radical (unpaired) electrons. The van der Waals surface area contributed by atoms with E-state index in [-0.39, 0.29) is 5.75 Å². The normalized spacial score (nSPS) is 11.9. The van der Waals surface area contributed by atoms with Crippen LogP contribution in [0.1, 0.15) is 26.2 Å². The van der Waals surface area contributed by atoms with E-state index < -0.39 is 9.84 Å². The molecule has 0 unspecified atom stereocenters. The number of unbranched alkanes of at least 4 members (excludes halogenated alkanes) is 1. The molecule has 0 aromatic heterocycles. The van der Waals surface area contributed by atoms with E-state index >= 15 is 0 Å². The molecule has 0 atom stereocenters. The van der Waals surface area contributed by atoms with Gasteiger partial charge in [-0.1, -0.05) is 6.92 Å². The standard InChI is InChI=1S/C10H23NO3S/c1-3-11-7-4-5-9-15(12,13)10-6-8-14-2/h11H,3-10H2,1-2H3. The van der Waals surface area contributed by atoms with Crippen molar-refractivity contribution >= 4 is 9.84 Å². The average Bonchev–Trinajstić information content (AvgIpc) is 2.17. The zero-order valence-corrected chi connectivity index (χ0v) is 10.6. The topological polar surface area (TPSA) is 55.4 Å². The maximum absolute atomic E-state index is 11.5. The molecule has 0 aliphatic carbocycles. The number of ether oxygens (including phenoxy) is 1. The van der Waals surface area contributed by atoms with Gasteiger partial charge in [-0.2, -0.15) is 0 Å². The number of methoxy groups -OCH3 is 1. The molecule has 0 aromatic carbocycles. The summed E-state index contributed by atoms with van der Waals surface area (Å²) in [6, 6.07) is 0. The molecule has 0 aliphatic rings. The van der Waals surface area contributed by atoms with Crippen molar-refractivity contribution < 1.29 is 13.2 Å². The van der Waals surface area contributed by atoms with Crippen molar-refractivity contribution in [3.63, 3.8) is 0 Å². The lowest BCUT2D eigenvalue weighted by molar-refractivity contribution is 0.199. The molecule has 0 spiro atoms. The minimum absolute atomic E-state index is 0.252. The SMILES string of the molecule is CCNCCCCS(=O)(=O)CCCOC. The minimum Gasteiger partial charge on any atom is -0.385 e. The first-order valence-corrected chi connectivity index (χ1v) is 7.34. The predicted molar refractivity (Wildman–Crippen MR) is 62.9 cm³/mol. The second-order valence-corrected chi connectivity index (χ2v) is 5.86. The maximum atomic E-state index is 11.5. The van der Waals surface area contributed by atoms with Crippen molar-refractivity contribution in [2.75, 3.05) is 38.3 Å². The van der Waals surface area contributed by atoms with Gasteiger partial charge in [0.15, 0.2) is 0 Å². The summed E-state index contributed by atoms with van der Waals surface area (Å²) in [6.07, 6.45) is 2.28. The molecular weight excluding hydrogens is 214 g/mol. The highest BCUT2D eigenvalue weighted by Crippen LogP contribution is 1.99. The van der Waals surface area contributed by atoms with E-state index in [4.69, 9.17) is 4.74 Å². The van der Waals surface area contributed by atoms with Crippen LogP contribution >= 0.6 is 0 Å². The summed E-state index contributed by atoms with van der Waals surface area (Å²) in [5, 5.41) is 3.17. The monoisotopic (exact) mass is 237 g/mol. The van der Waals surface area contributed by atoms with Crippen molar-refractivity contribution in [1.29, 1.82) is 0 Å². The summed E-state index contributed by atoms with van der Waals surface area (Å²) in [4.78, 5) is 0. The third-order valence-corrected chi connectivity index (χ3v) is 3.93. The Morgan fingerprint density at radius 2 is 1.80 bits per heavy atom. The number of hydrogen-bond donors (Lipinski definition) is 1. The van der Waals surface area contributed by atoms with Gasteiger partial charge in [0.25, 0.3) is 0 Å². The van der Waals surface area contributed by atoms with Gasteiger partial charge in [0.05, 0.1) is 11.5 Å². The van der Waals surface area contributed by atoms with Crippen molar-refractivity contribution in [3.8, 4) is 0 Å². The second kappa shape index (κ2) is 9.12. The molecular formula is C10H23NO3S. The molecule has 0 saturated carbocycles. The van der Waals surface area contributed by atoms with Crippen LogP contribution in [0.2, 0.25) is 0 Å². The van der Waals surface area contributed by atoms with E-state index in [2.05, 4.69) is 5.32 Å². The van der Waals surface area contributed by atoms with Crippen LogP contribution in [0.5, 0.6) is 0 Å². The summed E-state index contributed by atoms with van der Waals surface area (Å²) in [5.74, 6) is 0.560. The Balaban J connectivity index is 3.47. The predicted octanol–water partition coefficient (Wildman–Crippen LogP) is 0.827. The zero-order chi connectivity index (χ0) is 11.6. The van der Waals surface area contributed by atoms with Gasteiger partial charge >= 0.3 is 0 Å². The Bertz CT molecular complexity index is 227. The summed E-state index contributed by atoms with van der Waals surface area (Å²) in [5.41, 5.74) is 0. The summed E-state index contributed by atoms with van der Waals surface area (Å²) in [7, 11) is -1.26. The molecule has 0 heterocycles. The molecule has 92 valence electrons. The van der Waals surface area contributed by atoms with Gasteiger partial charge in [-0.05, 0) is 32.4 Å². The van der Waals surface area contributed by atoms with Gasteiger partial charge in [0.1, 0.15) is 9.84 Å². The van der Waals surface area contributed by atoms with Gasteiger partial charge in [0, 0.05) is 13.7 Å². The first-order chi connectivity index (χ1) is 7.12. The van der Waals surface area contributed by atoms with E-state index in [1.165, 1.54) is 0 Å². The van der Waals surface area contributed by atoms with Crippen LogP contribution in [-0.2, 0) is 14.6 Å². The van der Waals surface area contributed by atoms with E-state index in [1.54, 1.807) is 7.11 Å². The number of nitrogens with one attached hydrogen (secondary N) is 1. The van der Waals surface area contributed by atoms with Crippen LogP contribution in [0.25, 0.3) is 0 Å². The van der Waals surface area contributed by atoms with Crippen molar-refractivity contribution in [3.05, 3.63) is 0 Å². The molecule has 5 heteroatoms. The summed E-state index contributed by atoms with van der Waals surface area (Å²) in [6.45, 7) is 4.42. The molecule has 0 saturated heterocycles. The zero-order valence-electron chi connectivity index (χ0n) is 9.79. The lowest BCUT2D eigenvalue weighted by atomic mass is 10.3. The number of hydrogen-bond acceptors (Lipinski definition) is 4. The van der Waals surface area contributed by atoms with Crippen LogP contribution in [0.3, 0.4) is 0 Å². The Kier molecular flexibility index (Phi) is 9.04. The highest BCUT2D eigenvalue weighted by Gasteiger charge is 2.09. The third kappa shape index (κ3) is 10.2. The second-order valence-electron chi connectivity index (χ2n) is 3.56. The van der Waals surface area contributed by atoms with Gasteiger partial charge in [-0.15, -0.1) is 0 Å². The Morgan fingerprint density at radius 3 is 2.40 bits per heavy atom. The fourth-order valence-corrected chi connectivity index (χ4v) is 2.68. The largest absolute Gasteiger partial charge is 0.385 e. The maximum Gasteiger partial charge on any atom is 0.150 e. The van der Waals surface area contributed by atoms with E-state index in [0.717, 1.165) is 25.9 Å². The van der Waals surface area contributed by atoms with Crippen molar-refractivity contribution in [2.24, 2.45) is 0 Å². The molecule has 15 heavy (non-hydrogen) atoms. The lowest BCUT2D eigenvalue weighted by Crippen LogP contribution is -2.17.